The minimum Gasteiger partial charge on any atom is -0.255 e. The Labute approximate surface area is 324 Å². The lowest BCUT2D eigenvalue weighted by Gasteiger charge is -2.19. The number of pyridine rings is 3. The van der Waals surface area contributed by atoms with Crippen LogP contribution in [0, 0.1) is 0 Å². The van der Waals surface area contributed by atoms with Crippen molar-refractivity contribution in [3.05, 3.63) is 194 Å². The van der Waals surface area contributed by atoms with E-state index in [1.165, 1.54) is 5.56 Å². The molecule has 0 amide bonds. The number of rotatable bonds is 7. The summed E-state index contributed by atoms with van der Waals surface area (Å²) in [5.74, 6) is 1.90. The van der Waals surface area contributed by atoms with Crippen LogP contribution in [-0.2, 0) is 0 Å². The van der Waals surface area contributed by atoms with E-state index < -0.39 is 0 Å². The third kappa shape index (κ3) is 6.15. The van der Waals surface area contributed by atoms with Crippen LogP contribution in [0.25, 0.3) is 101 Å². The molecular formula is C50H32N6. The van der Waals surface area contributed by atoms with Gasteiger partial charge in [0.2, 0.25) is 0 Å². The molecule has 0 radical (unpaired) electrons. The predicted octanol–water partition coefficient (Wildman–Crippen LogP) is 12.0. The van der Waals surface area contributed by atoms with Gasteiger partial charge in [0.15, 0.2) is 17.5 Å². The van der Waals surface area contributed by atoms with Crippen LogP contribution in [0.1, 0.15) is 0 Å². The Hall–Kier alpha value is -7.70. The fourth-order valence-electron chi connectivity index (χ4n) is 7.44. The third-order valence-electron chi connectivity index (χ3n) is 10.0. The molecule has 0 saturated heterocycles. The molecule has 0 unspecified atom stereocenters. The summed E-state index contributed by atoms with van der Waals surface area (Å²) in [4.78, 5) is 29.2. The van der Waals surface area contributed by atoms with Crippen molar-refractivity contribution in [3.8, 4) is 79.2 Å². The Bertz CT molecular complexity index is 2820. The standard InChI is InChI=1S/C50H32N6/c1-3-15-34(16-4-1)48-54-49(35-17-5-2-6-18-35)56-50(55-48)36-27-25-33(26-28-36)46-38-19-7-9-21-40(38)47(41-22-10-8-20-39(41)46)37-31-44(42-23-11-13-29-51-42)53-45(32-37)43-24-12-14-30-52-43/h1-32H. The van der Waals surface area contributed by atoms with Gasteiger partial charge in [-0.1, -0.05) is 146 Å². The van der Waals surface area contributed by atoms with E-state index in [0.29, 0.717) is 17.5 Å². The lowest BCUT2D eigenvalue weighted by molar-refractivity contribution is 1.07. The second-order valence-corrected chi connectivity index (χ2v) is 13.5. The molecule has 0 aliphatic carbocycles. The molecule has 0 aliphatic rings. The van der Waals surface area contributed by atoms with Gasteiger partial charge in [-0.25, -0.2) is 19.9 Å². The summed E-state index contributed by atoms with van der Waals surface area (Å²) < 4.78 is 0. The number of fused-ring (bicyclic) bond motifs is 2. The molecule has 10 aromatic rings. The Kier molecular flexibility index (Phi) is 8.39. The van der Waals surface area contributed by atoms with Gasteiger partial charge >= 0.3 is 0 Å². The number of benzene rings is 6. The highest BCUT2D eigenvalue weighted by molar-refractivity contribution is 6.21. The van der Waals surface area contributed by atoms with Gasteiger partial charge in [0, 0.05) is 29.1 Å². The van der Waals surface area contributed by atoms with Crippen molar-refractivity contribution in [2.75, 3.05) is 0 Å². The molecule has 56 heavy (non-hydrogen) atoms. The summed E-state index contributed by atoms with van der Waals surface area (Å²) in [6.45, 7) is 0. The SMILES string of the molecule is c1ccc(-c2nc(-c3ccccc3)nc(-c3ccc(-c4c5ccccc5c(-c5cc(-c6ccccn6)nc(-c6ccccn6)c5)c5ccccc45)cc3)n2)cc1. The van der Waals surface area contributed by atoms with Crippen LogP contribution in [0.5, 0.6) is 0 Å². The van der Waals surface area contributed by atoms with E-state index in [0.717, 1.165) is 77.7 Å². The van der Waals surface area contributed by atoms with Gasteiger partial charge in [-0.2, -0.15) is 0 Å². The molecule has 0 bridgehead atoms. The Morgan fingerprint density at radius 2 is 0.607 bits per heavy atom. The van der Waals surface area contributed by atoms with Gasteiger partial charge in [0.25, 0.3) is 0 Å². The first-order valence-corrected chi connectivity index (χ1v) is 18.5. The minimum atomic E-state index is 0.624. The fraction of sp³-hybridized carbons (Fsp3) is 0. The number of hydrogen-bond donors (Lipinski definition) is 0. The van der Waals surface area contributed by atoms with Gasteiger partial charge in [0.1, 0.15) is 0 Å². The molecule has 6 heteroatoms. The Morgan fingerprint density at radius 1 is 0.250 bits per heavy atom. The first-order valence-electron chi connectivity index (χ1n) is 18.5. The van der Waals surface area contributed by atoms with Crippen LogP contribution >= 0.6 is 0 Å². The third-order valence-corrected chi connectivity index (χ3v) is 10.0. The maximum absolute atomic E-state index is 5.06. The van der Waals surface area contributed by atoms with Gasteiger partial charge < -0.3 is 0 Å². The van der Waals surface area contributed by atoms with Crippen molar-refractivity contribution in [2.24, 2.45) is 0 Å². The smallest absolute Gasteiger partial charge is 0.164 e. The van der Waals surface area contributed by atoms with Crippen LogP contribution < -0.4 is 0 Å². The van der Waals surface area contributed by atoms with E-state index in [2.05, 4.69) is 94.9 Å². The van der Waals surface area contributed by atoms with Crippen molar-refractivity contribution in [3.63, 3.8) is 0 Å². The molecule has 0 fully saturated rings. The highest BCUT2D eigenvalue weighted by Gasteiger charge is 2.19. The fourth-order valence-corrected chi connectivity index (χ4v) is 7.44. The molecule has 6 nitrogen and oxygen atoms in total. The van der Waals surface area contributed by atoms with Gasteiger partial charge in [-0.15, -0.1) is 0 Å². The monoisotopic (exact) mass is 716 g/mol. The van der Waals surface area contributed by atoms with Gasteiger partial charge in [-0.3, -0.25) is 9.97 Å². The van der Waals surface area contributed by atoms with Gasteiger partial charge in [-0.05, 0) is 80.2 Å². The summed E-state index contributed by atoms with van der Waals surface area (Å²) >= 11 is 0. The quantitative estimate of drug-likeness (QED) is 0.153. The predicted molar refractivity (Wildman–Crippen MR) is 226 cm³/mol. The van der Waals surface area contributed by atoms with Crippen LogP contribution in [-0.4, -0.2) is 29.9 Å². The molecule has 0 spiro atoms. The second-order valence-electron chi connectivity index (χ2n) is 13.5. The molecule has 0 N–H and O–H groups in total. The van der Waals surface area contributed by atoms with Crippen LogP contribution in [0.2, 0.25) is 0 Å². The minimum absolute atomic E-state index is 0.624. The lowest BCUT2D eigenvalue weighted by atomic mass is 9.85. The van der Waals surface area contributed by atoms with Crippen molar-refractivity contribution >= 4 is 21.5 Å². The largest absolute Gasteiger partial charge is 0.255 e. The van der Waals surface area contributed by atoms with E-state index in [-0.39, 0.29) is 0 Å². The normalized spacial score (nSPS) is 11.2. The zero-order valence-electron chi connectivity index (χ0n) is 30.2. The van der Waals surface area contributed by atoms with E-state index in [1.807, 2.05) is 97.1 Å². The van der Waals surface area contributed by atoms with E-state index in [4.69, 9.17) is 19.9 Å². The molecule has 6 aromatic carbocycles. The molecular weight excluding hydrogens is 685 g/mol. The van der Waals surface area contributed by atoms with Crippen molar-refractivity contribution in [1.82, 2.24) is 29.9 Å². The zero-order valence-corrected chi connectivity index (χ0v) is 30.2. The van der Waals surface area contributed by atoms with Crippen molar-refractivity contribution in [1.29, 1.82) is 0 Å². The van der Waals surface area contributed by atoms with E-state index in [1.54, 1.807) is 12.4 Å². The maximum atomic E-state index is 5.06. The average Bonchev–Trinajstić information content (AvgIpc) is 3.29. The highest BCUT2D eigenvalue weighted by Crippen LogP contribution is 2.45. The molecule has 4 aromatic heterocycles. The first kappa shape index (κ1) is 32.9. The highest BCUT2D eigenvalue weighted by atomic mass is 15.0. The summed E-state index contributed by atoms with van der Waals surface area (Å²) in [5.41, 5.74) is 10.5. The van der Waals surface area contributed by atoms with E-state index in [9.17, 15) is 0 Å². The molecule has 262 valence electrons. The molecule has 10 rings (SSSR count). The van der Waals surface area contributed by atoms with Crippen molar-refractivity contribution in [2.45, 2.75) is 0 Å². The lowest BCUT2D eigenvalue weighted by Crippen LogP contribution is -2.00. The Morgan fingerprint density at radius 3 is 1.02 bits per heavy atom. The van der Waals surface area contributed by atoms with Gasteiger partial charge in [0.05, 0.1) is 22.8 Å². The maximum Gasteiger partial charge on any atom is 0.164 e. The van der Waals surface area contributed by atoms with E-state index >= 15 is 0 Å². The summed E-state index contributed by atoms with van der Waals surface area (Å²) in [6, 6.07) is 62.2. The Balaban J connectivity index is 1.14. The van der Waals surface area contributed by atoms with Crippen LogP contribution in [0.3, 0.4) is 0 Å². The summed E-state index contributed by atoms with van der Waals surface area (Å²) in [7, 11) is 0. The van der Waals surface area contributed by atoms with Crippen LogP contribution in [0.4, 0.5) is 0 Å². The summed E-state index contributed by atoms with van der Waals surface area (Å²) in [6.07, 6.45) is 3.61. The number of nitrogens with zero attached hydrogens (tertiary/aromatic N) is 6. The zero-order chi connectivity index (χ0) is 37.3. The summed E-state index contributed by atoms with van der Waals surface area (Å²) in [5, 5.41) is 4.60. The average molecular weight is 717 g/mol. The molecule has 0 aliphatic heterocycles. The van der Waals surface area contributed by atoms with Crippen molar-refractivity contribution < 1.29 is 0 Å². The second kappa shape index (κ2) is 14.3. The number of hydrogen-bond acceptors (Lipinski definition) is 6. The molecule has 4 heterocycles. The molecule has 0 saturated carbocycles. The van der Waals surface area contributed by atoms with Crippen LogP contribution in [0.15, 0.2) is 194 Å². The molecule has 0 atom stereocenters. The number of aromatic nitrogens is 6. The first-order chi connectivity index (χ1) is 27.8. The topological polar surface area (TPSA) is 77.3 Å².